The second-order valence-electron chi connectivity index (χ2n) is 9.71. The Bertz CT molecular complexity index is 1490. The summed E-state index contributed by atoms with van der Waals surface area (Å²) < 4.78 is 12.7. The summed E-state index contributed by atoms with van der Waals surface area (Å²) in [6.07, 6.45) is 8.91. The second-order valence-corrected chi connectivity index (χ2v) is 9.71. The quantitative estimate of drug-likeness (QED) is 0.267. The lowest BCUT2D eigenvalue weighted by molar-refractivity contribution is -0.140. The van der Waals surface area contributed by atoms with Crippen molar-refractivity contribution in [3.63, 3.8) is 0 Å². The second kappa shape index (κ2) is 11.4. The lowest BCUT2D eigenvalue weighted by atomic mass is 9.95. The molecular formula is C29H29N3O7. The first kappa shape index (κ1) is 26.0. The average molecular weight is 532 g/mol. The molecule has 0 spiro atoms. The van der Waals surface area contributed by atoms with E-state index in [0.717, 1.165) is 42.6 Å². The number of imidazole rings is 1. The SMILES string of the molecule is O=C(O)COc1cccc(C[C@H](NC(=O)c2ccc3c(c2)nc(-c2ccoc2)n3C2CCCCC2)C(=O)O)c1. The Labute approximate surface area is 224 Å². The molecule has 1 amide bonds. The number of hydrogen-bond donors (Lipinski definition) is 3. The molecule has 10 heteroatoms. The number of ether oxygens (including phenoxy) is 1. The van der Waals surface area contributed by atoms with E-state index >= 15 is 0 Å². The van der Waals surface area contributed by atoms with E-state index in [0.29, 0.717) is 28.4 Å². The van der Waals surface area contributed by atoms with Crippen LogP contribution in [0, 0.1) is 0 Å². The fourth-order valence-electron chi connectivity index (χ4n) is 5.13. The van der Waals surface area contributed by atoms with Crippen LogP contribution in [-0.4, -0.2) is 50.3 Å². The molecule has 4 aromatic rings. The van der Waals surface area contributed by atoms with Crippen LogP contribution >= 0.6 is 0 Å². The number of carbonyl (C=O) groups is 3. The van der Waals surface area contributed by atoms with Gasteiger partial charge in [0.05, 0.1) is 22.9 Å². The Morgan fingerprint density at radius 3 is 2.62 bits per heavy atom. The molecule has 0 aliphatic heterocycles. The number of aromatic nitrogens is 2. The number of carboxylic acid groups (broad SMARTS) is 2. The van der Waals surface area contributed by atoms with Gasteiger partial charge >= 0.3 is 11.9 Å². The maximum absolute atomic E-state index is 13.1. The van der Waals surface area contributed by atoms with Crippen molar-refractivity contribution in [2.24, 2.45) is 0 Å². The van der Waals surface area contributed by atoms with Gasteiger partial charge in [-0.25, -0.2) is 14.6 Å². The maximum atomic E-state index is 13.1. The topological polar surface area (TPSA) is 144 Å². The van der Waals surface area contributed by atoms with Gasteiger partial charge < -0.3 is 29.3 Å². The summed E-state index contributed by atoms with van der Waals surface area (Å²) in [5.74, 6) is -1.74. The molecule has 2 heterocycles. The first-order valence-corrected chi connectivity index (χ1v) is 12.9. The molecule has 1 atom stereocenters. The molecule has 1 fully saturated rings. The van der Waals surface area contributed by atoms with Crippen LogP contribution in [0.1, 0.15) is 54.1 Å². The van der Waals surface area contributed by atoms with Crippen LogP contribution in [0.5, 0.6) is 5.75 Å². The zero-order chi connectivity index (χ0) is 27.4. The van der Waals surface area contributed by atoms with E-state index in [2.05, 4.69) is 9.88 Å². The Morgan fingerprint density at radius 1 is 1.08 bits per heavy atom. The summed E-state index contributed by atoms with van der Waals surface area (Å²) in [5.41, 5.74) is 3.32. The third-order valence-electron chi connectivity index (χ3n) is 6.97. The van der Waals surface area contributed by atoms with Gasteiger partial charge in [-0.05, 0) is 54.8 Å². The molecule has 3 N–H and O–H groups in total. The molecule has 0 radical (unpaired) electrons. The van der Waals surface area contributed by atoms with Gasteiger partial charge in [0.25, 0.3) is 5.91 Å². The number of nitrogens with one attached hydrogen (secondary N) is 1. The molecule has 2 aromatic heterocycles. The molecule has 39 heavy (non-hydrogen) atoms. The van der Waals surface area contributed by atoms with E-state index < -0.39 is 30.5 Å². The Morgan fingerprint density at radius 2 is 1.90 bits per heavy atom. The van der Waals surface area contributed by atoms with Gasteiger partial charge in [0.15, 0.2) is 6.61 Å². The minimum Gasteiger partial charge on any atom is -0.482 e. The van der Waals surface area contributed by atoms with Crippen LogP contribution in [0.3, 0.4) is 0 Å². The third kappa shape index (κ3) is 5.95. The van der Waals surface area contributed by atoms with Crippen molar-refractivity contribution in [2.75, 3.05) is 6.61 Å². The third-order valence-corrected chi connectivity index (χ3v) is 6.97. The van der Waals surface area contributed by atoms with E-state index in [4.69, 9.17) is 19.2 Å². The van der Waals surface area contributed by atoms with Gasteiger partial charge in [0.1, 0.15) is 23.9 Å². The Kier molecular flexibility index (Phi) is 7.62. The van der Waals surface area contributed by atoms with Gasteiger partial charge in [-0.1, -0.05) is 31.4 Å². The van der Waals surface area contributed by atoms with Crippen LogP contribution in [-0.2, 0) is 16.0 Å². The lowest BCUT2D eigenvalue weighted by Crippen LogP contribution is -2.42. The molecule has 0 saturated heterocycles. The van der Waals surface area contributed by atoms with Crippen LogP contribution < -0.4 is 10.1 Å². The zero-order valence-electron chi connectivity index (χ0n) is 21.2. The van der Waals surface area contributed by atoms with E-state index in [-0.39, 0.29) is 6.42 Å². The average Bonchev–Trinajstić information content (AvgIpc) is 3.60. The predicted octanol–water partition coefficient (Wildman–Crippen LogP) is 4.69. The predicted molar refractivity (Wildman–Crippen MR) is 142 cm³/mol. The number of hydrogen-bond acceptors (Lipinski definition) is 6. The molecule has 5 rings (SSSR count). The summed E-state index contributed by atoms with van der Waals surface area (Å²) in [6.45, 7) is -0.510. The number of nitrogens with zero attached hydrogens (tertiary/aromatic N) is 2. The lowest BCUT2D eigenvalue weighted by Gasteiger charge is -2.25. The van der Waals surface area contributed by atoms with E-state index in [1.807, 2.05) is 12.1 Å². The van der Waals surface area contributed by atoms with Crippen molar-refractivity contribution in [1.29, 1.82) is 0 Å². The molecule has 1 saturated carbocycles. The zero-order valence-corrected chi connectivity index (χ0v) is 21.2. The Hall–Kier alpha value is -4.60. The highest BCUT2D eigenvalue weighted by Gasteiger charge is 2.25. The van der Waals surface area contributed by atoms with Crippen LogP contribution in [0.25, 0.3) is 22.4 Å². The van der Waals surface area contributed by atoms with Crippen LogP contribution in [0.15, 0.2) is 65.5 Å². The molecule has 202 valence electrons. The van der Waals surface area contributed by atoms with Gasteiger partial charge in [-0.15, -0.1) is 0 Å². The smallest absolute Gasteiger partial charge is 0.341 e. The molecule has 1 aliphatic carbocycles. The summed E-state index contributed by atoms with van der Waals surface area (Å²) in [6, 6.07) is 12.7. The number of amides is 1. The number of aliphatic carboxylic acids is 2. The van der Waals surface area contributed by atoms with Crippen molar-refractivity contribution < 1.29 is 33.8 Å². The number of carboxylic acids is 2. The number of furan rings is 1. The van der Waals surface area contributed by atoms with Gasteiger partial charge in [0, 0.05) is 18.0 Å². The van der Waals surface area contributed by atoms with Crippen molar-refractivity contribution in [3.05, 3.63) is 72.2 Å². The van der Waals surface area contributed by atoms with Crippen LogP contribution in [0.2, 0.25) is 0 Å². The summed E-state index contributed by atoms with van der Waals surface area (Å²) in [7, 11) is 0. The first-order valence-electron chi connectivity index (χ1n) is 12.9. The summed E-state index contributed by atoms with van der Waals surface area (Å²) in [4.78, 5) is 40.7. The normalized spacial score (nSPS) is 14.7. The Balaban J connectivity index is 1.38. The number of fused-ring (bicyclic) bond motifs is 1. The van der Waals surface area contributed by atoms with E-state index in [1.165, 1.54) is 6.42 Å². The fraction of sp³-hybridized carbons (Fsp3) is 0.310. The van der Waals surface area contributed by atoms with Crippen molar-refractivity contribution in [2.45, 2.75) is 50.6 Å². The number of benzene rings is 2. The summed E-state index contributed by atoms with van der Waals surface area (Å²) in [5, 5.41) is 21.2. The number of rotatable bonds is 10. The van der Waals surface area contributed by atoms with Gasteiger partial charge in [-0.2, -0.15) is 0 Å². The molecule has 1 aliphatic rings. The molecule has 2 aromatic carbocycles. The maximum Gasteiger partial charge on any atom is 0.341 e. The highest BCUT2D eigenvalue weighted by atomic mass is 16.5. The summed E-state index contributed by atoms with van der Waals surface area (Å²) >= 11 is 0. The largest absolute Gasteiger partial charge is 0.482 e. The van der Waals surface area contributed by atoms with Crippen LogP contribution in [0.4, 0.5) is 0 Å². The van der Waals surface area contributed by atoms with Crippen molar-refractivity contribution in [1.82, 2.24) is 14.9 Å². The minimum atomic E-state index is -1.20. The molecule has 0 bridgehead atoms. The van der Waals surface area contributed by atoms with Gasteiger partial charge in [0.2, 0.25) is 0 Å². The van der Waals surface area contributed by atoms with Gasteiger partial charge in [-0.3, -0.25) is 4.79 Å². The highest BCUT2D eigenvalue weighted by Crippen LogP contribution is 2.36. The van der Waals surface area contributed by atoms with Crippen molar-refractivity contribution >= 4 is 28.9 Å². The number of carbonyl (C=O) groups excluding carboxylic acids is 1. The molecule has 0 unspecified atom stereocenters. The monoisotopic (exact) mass is 531 g/mol. The molecule has 10 nitrogen and oxygen atoms in total. The highest BCUT2D eigenvalue weighted by molar-refractivity contribution is 5.99. The minimum absolute atomic E-state index is 0.00542. The van der Waals surface area contributed by atoms with E-state index in [1.54, 1.807) is 48.9 Å². The first-order chi connectivity index (χ1) is 18.9. The standard InChI is InChI=1S/C29H29N3O7/c33-26(34)17-39-22-8-4-5-18(13-22)14-24(29(36)37)31-28(35)19-9-10-25-23(15-19)30-27(20-11-12-38-16-20)32(25)21-6-2-1-3-7-21/h4-5,8-13,15-16,21,24H,1-3,6-7,14,17H2,(H,31,35)(H,33,34)(H,36,37)/t24-/m0/s1. The fourth-order valence-corrected chi connectivity index (χ4v) is 5.13. The van der Waals surface area contributed by atoms with Crippen molar-refractivity contribution in [3.8, 4) is 17.1 Å². The van der Waals surface area contributed by atoms with E-state index in [9.17, 15) is 19.5 Å². The molecular weight excluding hydrogens is 502 g/mol.